The Hall–Kier alpha value is -3.08. The molecule has 3 atom stereocenters. The van der Waals surface area contributed by atoms with Crippen LogP contribution in [-0.4, -0.2) is 54.3 Å². The fourth-order valence-electron chi connectivity index (χ4n) is 4.55. The van der Waals surface area contributed by atoms with Gasteiger partial charge in [0, 0.05) is 30.9 Å². The quantitative estimate of drug-likeness (QED) is 0.0227. The van der Waals surface area contributed by atoms with Gasteiger partial charge in [-0.05, 0) is 66.6 Å². The van der Waals surface area contributed by atoms with Crippen LogP contribution in [0.1, 0.15) is 78.5 Å². The van der Waals surface area contributed by atoms with Crippen LogP contribution in [0.5, 0.6) is 5.75 Å². The highest BCUT2D eigenvalue weighted by Gasteiger charge is 2.23. The number of hydrogen-bond acceptors (Lipinski definition) is 8. The molecule has 6 N–H and O–H groups in total. The van der Waals surface area contributed by atoms with Crippen molar-refractivity contribution in [3.63, 3.8) is 0 Å². The van der Waals surface area contributed by atoms with Crippen molar-refractivity contribution in [1.29, 1.82) is 0 Å². The van der Waals surface area contributed by atoms with Crippen LogP contribution < -0.4 is 25.9 Å². The molecule has 0 heterocycles. The number of nitrogen functional groups attached to an aromatic ring is 1. The summed E-state index contributed by atoms with van der Waals surface area (Å²) in [5.41, 5.74) is 8.92. The number of benzene rings is 3. The third-order valence-electron chi connectivity index (χ3n) is 6.62. The zero-order valence-corrected chi connectivity index (χ0v) is 30.5. The standard InChI is InChI=1S/C22H32N4O3S.C12H19N.C4H10/c1-17(2)13-26(30-29-20-10-8-19(23)9-11-20)14-22(28)21(25-15-24-16-27)12-18-6-4-3-5-7-18;1-3-8-12(13-4-2)11-9-6-5-7-10-11;1-4(2)3/h3-11,16-17,21-22,25,28H,12-15,23H2,1-2H3,(H,24,27);5-7,9-10,12-13H,3-4,8H2,1-2H3;4H,1-3H3/t21-,22+;;/m0../s1. The Labute approximate surface area is 289 Å². The lowest BCUT2D eigenvalue weighted by atomic mass is 10.0. The van der Waals surface area contributed by atoms with Gasteiger partial charge < -0.3 is 25.7 Å². The molecule has 1 unspecified atom stereocenters. The Morgan fingerprint density at radius 1 is 0.872 bits per heavy atom. The topological polar surface area (TPSA) is 112 Å². The largest absolute Gasteiger partial charge is 0.409 e. The molecule has 1 amide bonds. The van der Waals surface area contributed by atoms with Crippen molar-refractivity contribution < 1.29 is 14.1 Å². The van der Waals surface area contributed by atoms with Crippen LogP contribution in [0.25, 0.3) is 0 Å². The van der Waals surface area contributed by atoms with E-state index in [4.69, 9.17) is 9.92 Å². The molecule has 0 saturated heterocycles. The molecule has 0 aliphatic rings. The molecule has 0 saturated carbocycles. The van der Waals surface area contributed by atoms with Crippen LogP contribution in [0.2, 0.25) is 0 Å². The predicted octanol–water partition coefficient (Wildman–Crippen LogP) is 7.23. The van der Waals surface area contributed by atoms with E-state index in [1.165, 1.54) is 30.6 Å². The average Bonchev–Trinajstić information content (AvgIpc) is 3.04. The fourth-order valence-corrected chi connectivity index (χ4v) is 5.42. The summed E-state index contributed by atoms with van der Waals surface area (Å²) >= 11 is 1.22. The molecular weight excluding hydrogens is 607 g/mol. The van der Waals surface area contributed by atoms with Gasteiger partial charge in [0.2, 0.25) is 6.41 Å². The Morgan fingerprint density at radius 2 is 1.47 bits per heavy atom. The minimum Gasteiger partial charge on any atom is -0.409 e. The van der Waals surface area contributed by atoms with Crippen LogP contribution >= 0.6 is 12.2 Å². The van der Waals surface area contributed by atoms with Gasteiger partial charge in [-0.25, -0.2) is 4.31 Å². The van der Waals surface area contributed by atoms with Crippen LogP contribution in [0, 0.1) is 11.8 Å². The molecule has 0 aromatic heterocycles. The number of amides is 1. The van der Waals surface area contributed by atoms with E-state index in [9.17, 15) is 9.90 Å². The number of aliphatic hydroxyl groups excluding tert-OH is 1. The van der Waals surface area contributed by atoms with E-state index >= 15 is 0 Å². The molecule has 0 spiro atoms. The molecule has 262 valence electrons. The summed E-state index contributed by atoms with van der Waals surface area (Å²) in [6.07, 6.45) is 3.06. The summed E-state index contributed by atoms with van der Waals surface area (Å²) in [5.74, 6) is 1.93. The van der Waals surface area contributed by atoms with Crippen LogP contribution in [0.3, 0.4) is 0 Å². The highest BCUT2D eigenvalue weighted by Crippen LogP contribution is 2.22. The summed E-state index contributed by atoms with van der Waals surface area (Å²) in [6.45, 7) is 17.6. The number of rotatable bonds is 19. The molecule has 0 aliphatic heterocycles. The highest BCUT2D eigenvalue weighted by atomic mass is 32.2. The van der Waals surface area contributed by atoms with Crippen LogP contribution in [-0.2, 0) is 11.2 Å². The van der Waals surface area contributed by atoms with Gasteiger partial charge in [-0.1, -0.05) is 116 Å². The van der Waals surface area contributed by atoms with Crippen LogP contribution in [0.4, 0.5) is 5.69 Å². The first-order chi connectivity index (χ1) is 22.6. The SMILES string of the molecule is CC(C)C.CC(C)CN(C[C@@H](O)[C@H](Cc1ccccc1)NCNC=O)SOc1ccc(N)cc1.CCCC(NCC)c1ccccc1. The van der Waals surface area contributed by atoms with E-state index in [1.54, 1.807) is 12.1 Å². The van der Waals surface area contributed by atoms with Gasteiger partial charge in [0.25, 0.3) is 0 Å². The van der Waals surface area contributed by atoms with Crippen molar-refractivity contribution in [2.75, 3.05) is 32.0 Å². The number of nitrogens with two attached hydrogens (primary N) is 1. The second kappa shape index (κ2) is 25.9. The highest BCUT2D eigenvalue weighted by molar-refractivity contribution is 7.92. The maximum Gasteiger partial charge on any atom is 0.208 e. The molecular formula is C38H61N5O3S. The predicted molar refractivity (Wildman–Crippen MR) is 201 cm³/mol. The van der Waals surface area contributed by atoms with Crippen molar-refractivity contribution in [2.45, 2.75) is 85.9 Å². The van der Waals surface area contributed by atoms with Gasteiger partial charge in [-0.2, -0.15) is 0 Å². The minimum absolute atomic E-state index is 0.230. The zero-order chi connectivity index (χ0) is 34.9. The summed E-state index contributed by atoms with van der Waals surface area (Å²) in [7, 11) is 0. The van der Waals surface area contributed by atoms with Gasteiger partial charge in [-0.3, -0.25) is 10.1 Å². The van der Waals surface area contributed by atoms with Crippen molar-refractivity contribution >= 4 is 24.3 Å². The summed E-state index contributed by atoms with van der Waals surface area (Å²) in [5, 5.41) is 20.3. The summed E-state index contributed by atoms with van der Waals surface area (Å²) in [6, 6.07) is 28.2. The lowest BCUT2D eigenvalue weighted by Gasteiger charge is -2.29. The molecule has 3 aromatic carbocycles. The summed E-state index contributed by atoms with van der Waals surface area (Å²) < 4.78 is 7.83. The monoisotopic (exact) mass is 667 g/mol. The third kappa shape index (κ3) is 20.7. The number of carbonyl (C=O) groups is 1. The van der Waals surface area contributed by atoms with Crippen molar-refractivity contribution in [3.8, 4) is 5.75 Å². The van der Waals surface area contributed by atoms with Gasteiger partial charge in [0.05, 0.1) is 12.8 Å². The van der Waals surface area contributed by atoms with E-state index in [2.05, 4.69) is 94.7 Å². The zero-order valence-electron chi connectivity index (χ0n) is 29.7. The Kier molecular flexibility index (Phi) is 23.2. The molecule has 8 nitrogen and oxygen atoms in total. The lowest BCUT2D eigenvalue weighted by Crippen LogP contribution is -2.49. The lowest BCUT2D eigenvalue weighted by molar-refractivity contribution is -0.109. The molecule has 0 bridgehead atoms. The van der Waals surface area contributed by atoms with Crippen LogP contribution in [0.15, 0.2) is 84.9 Å². The fraction of sp³-hybridized carbons (Fsp3) is 0.500. The first-order valence-corrected chi connectivity index (χ1v) is 17.6. The maximum atomic E-state index is 11.0. The normalized spacial score (nSPS) is 12.7. The van der Waals surface area contributed by atoms with Crippen molar-refractivity contribution in [3.05, 3.63) is 96.1 Å². The molecule has 9 heteroatoms. The number of nitrogens with one attached hydrogen (secondary N) is 3. The van der Waals surface area contributed by atoms with Gasteiger partial charge in [0.15, 0.2) is 0 Å². The van der Waals surface area contributed by atoms with Crippen molar-refractivity contribution in [2.24, 2.45) is 11.8 Å². The minimum atomic E-state index is -0.667. The first-order valence-electron chi connectivity index (χ1n) is 16.9. The van der Waals surface area contributed by atoms with Gasteiger partial charge in [0.1, 0.15) is 18.0 Å². The number of hydrogen-bond donors (Lipinski definition) is 5. The second-order valence-corrected chi connectivity index (χ2v) is 13.4. The number of anilines is 1. The number of nitrogens with zero attached hydrogens (tertiary/aromatic N) is 1. The molecule has 3 rings (SSSR count). The summed E-state index contributed by atoms with van der Waals surface area (Å²) in [4.78, 5) is 10.6. The Balaban J connectivity index is 0.000000535. The average molecular weight is 668 g/mol. The van der Waals surface area contributed by atoms with E-state index in [1.807, 2.05) is 46.8 Å². The molecule has 3 aromatic rings. The third-order valence-corrected chi connectivity index (χ3v) is 7.40. The molecule has 0 fully saturated rings. The molecule has 0 radical (unpaired) electrons. The molecule has 47 heavy (non-hydrogen) atoms. The second-order valence-electron chi connectivity index (χ2n) is 12.6. The van der Waals surface area contributed by atoms with Crippen molar-refractivity contribution in [1.82, 2.24) is 20.3 Å². The van der Waals surface area contributed by atoms with Gasteiger partial charge >= 0.3 is 0 Å². The Bertz CT molecular complexity index is 1140. The van der Waals surface area contributed by atoms with E-state index in [-0.39, 0.29) is 12.7 Å². The Morgan fingerprint density at radius 3 is 2.00 bits per heavy atom. The van der Waals surface area contributed by atoms with E-state index in [0.717, 1.165) is 24.6 Å². The number of carbonyl (C=O) groups excluding carboxylic acids is 1. The smallest absolute Gasteiger partial charge is 0.208 e. The number of aliphatic hydroxyl groups is 1. The first kappa shape index (κ1) is 41.9. The van der Waals surface area contributed by atoms with E-state index in [0.29, 0.717) is 42.8 Å². The molecule has 0 aliphatic carbocycles. The van der Waals surface area contributed by atoms with E-state index < -0.39 is 6.10 Å². The maximum absolute atomic E-state index is 11.0. The van der Waals surface area contributed by atoms with Gasteiger partial charge in [-0.15, -0.1) is 0 Å².